The van der Waals surface area contributed by atoms with Crippen LogP contribution in [0.25, 0.3) is 0 Å². The van der Waals surface area contributed by atoms with Gasteiger partial charge in [0.15, 0.2) is 0 Å². The van der Waals surface area contributed by atoms with Crippen molar-refractivity contribution in [1.82, 2.24) is 0 Å². The van der Waals surface area contributed by atoms with E-state index in [0.717, 1.165) is 19.4 Å². The monoisotopic (exact) mass is 252 g/mol. The van der Waals surface area contributed by atoms with Crippen molar-refractivity contribution >= 4 is 17.3 Å². The van der Waals surface area contributed by atoms with Gasteiger partial charge in [0.05, 0.1) is 17.5 Å². The predicted molar refractivity (Wildman–Crippen MR) is 67.7 cm³/mol. The van der Waals surface area contributed by atoms with E-state index in [4.69, 9.17) is 10.5 Å². The van der Waals surface area contributed by atoms with Gasteiger partial charge in [0.1, 0.15) is 5.82 Å². The summed E-state index contributed by atoms with van der Waals surface area (Å²) >= 11 is 0. The molecule has 0 aliphatic carbocycles. The van der Waals surface area contributed by atoms with E-state index in [9.17, 15) is 9.18 Å². The van der Waals surface area contributed by atoms with E-state index >= 15 is 0 Å². The molecule has 1 unspecified atom stereocenters. The Balaban J connectivity index is 1.82. The van der Waals surface area contributed by atoms with Crippen LogP contribution in [0.5, 0.6) is 0 Å². The summed E-state index contributed by atoms with van der Waals surface area (Å²) in [5.41, 5.74) is 6.30. The quantitative estimate of drug-likeness (QED) is 0.808. The molecule has 2 rings (SSSR count). The molecular weight excluding hydrogens is 235 g/mol. The van der Waals surface area contributed by atoms with Gasteiger partial charge in [-0.2, -0.15) is 0 Å². The summed E-state index contributed by atoms with van der Waals surface area (Å²) in [6, 6.07) is 3.93. The largest absolute Gasteiger partial charge is 0.397 e. The van der Waals surface area contributed by atoms with Gasteiger partial charge in [-0.3, -0.25) is 4.79 Å². The molecule has 3 N–H and O–H groups in total. The summed E-state index contributed by atoms with van der Waals surface area (Å²) in [5, 5.41) is 2.68. The van der Waals surface area contributed by atoms with Crippen molar-refractivity contribution < 1.29 is 13.9 Å². The average molecular weight is 252 g/mol. The smallest absolute Gasteiger partial charge is 0.224 e. The lowest BCUT2D eigenvalue weighted by atomic mass is 10.1. The minimum absolute atomic E-state index is 0.121. The molecule has 0 saturated carbocycles. The van der Waals surface area contributed by atoms with E-state index in [1.54, 1.807) is 0 Å². The van der Waals surface area contributed by atoms with Crippen molar-refractivity contribution in [3.63, 3.8) is 0 Å². The van der Waals surface area contributed by atoms with Crippen LogP contribution in [-0.2, 0) is 9.53 Å². The fourth-order valence-electron chi connectivity index (χ4n) is 2.02. The van der Waals surface area contributed by atoms with Crippen molar-refractivity contribution in [2.24, 2.45) is 0 Å². The molecule has 0 radical (unpaired) electrons. The molecule has 0 spiro atoms. The van der Waals surface area contributed by atoms with Crippen LogP contribution in [0.2, 0.25) is 0 Å². The van der Waals surface area contributed by atoms with Crippen molar-refractivity contribution in [3.05, 3.63) is 24.0 Å². The fraction of sp³-hybridized carbons (Fsp3) is 0.462. The SMILES string of the molecule is Nc1cc(F)ccc1NC(=O)CCC1CCCO1. The molecule has 1 heterocycles. The molecule has 5 heteroatoms. The zero-order chi connectivity index (χ0) is 13.0. The number of halogens is 1. The number of ether oxygens (including phenoxy) is 1. The first-order valence-electron chi connectivity index (χ1n) is 6.11. The molecule has 1 saturated heterocycles. The zero-order valence-corrected chi connectivity index (χ0v) is 10.1. The molecule has 1 fully saturated rings. The number of nitrogens with two attached hydrogens (primary N) is 1. The van der Waals surface area contributed by atoms with Gasteiger partial charge in [-0.05, 0) is 37.5 Å². The molecule has 0 aromatic heterocycles. The third-order valence-electron chi connectivity index (χ3n) is 3.01. The number of nitrogen functional groups attached to an aromatic ring is 1. The Kier molecular flexibility index (Phi) is 4.15. The highest BCUT2D eigenvalue weighted by molar-refractivity contribution is 5.93. The minimum Gasteiger partial charge on any atom is -0.397 e. The van der Waals surface area contributed by atoms with Crippen LogP contribution >= 0.6 is 0 Å². The van der Waals surface area contributed by atoms with E-state index in [1.807, 2.05) is 0 Å². The van der Waals surface area contributed by atoms with E-state index in [2.05, 4.69) is 5.32 Å². The molecule has 18 heavy (non-hydrogen) atoms. The maximum absolute atomic E-state index is 12.8. The molecule has 1 atom stereocenters. The van der Waals surface area contributed by atoms with Crippen molar-refractivity contribution in [2.45, 2.75) is 31.8 Å². The van der Waals surface area contributed by atoms with Gasteiger partial charge in [0.25, 0.3) is 0 Å². The van der Waals surface area contributed by atoms with Crippen molar-refractivity contribution in [2.75, 3.05) is 17.7 Å². The Morgan fingerprint density at radius 2 is 2.39 bits per heavy atom. The van der Waals surface area contributed by atoms with Crippen LogP contribution in [0.1, 0.15) is 25.7 Å². The highest BCUT2D eigenvalue weighted by Gasteiger charge is 2.16. The summed E-state index contributed by atoms with van der Waals surface area (Å²) in [7, 11) is 0. The van der Waals surface area contributed by atoms with Crippen LogP contribution in [-0.4, -0.2) is 18.6 Å². The molecule has 1 amide bonds. The second-order valence-electron chi connectivity index (χ2n) is 4.45. The standard InChI is InChI=1S/C13H17FN2O2/c14-9-3-5-12(11(15)8-9)16-13(17)6-4-10-2-1-7-18-10/h3,5,8,10H,1-2,4,6-7,15H2,(H,16,17). The topological polar surface area (TPSA) is 64.3 Å². The van der Waals surface area contributed by atoms with Gasteiger partial charge >= 0.3 is 0 Å². The first-order valence-corrected chi connectivity index (χ1v) is 6.11. The summed E-state index contributed by atoms with van der Waals surface area (Å²) in [5.74, 6) is -0.534. The number of amides is 1. The number of carbonyl (C=O) groups excluding carboxylic acids is 1. The lowest BCUT2D eigenvalue weighted by Gasteiger charge is -2.10. The second-order valence-corrected chi connectivity index (χ2v) is 4.45. The maximum atomic E-state index is 12.8. The van der Waals surface area contributed by atoms with Crippen LogP contribution in [0.15, 0.2) is 18.2 Å². The number of nitrogens with one attached hydrogen (secondary N) is 1. The van der Waals surface area contributed by atoms with Gasteiger partial charge in [0.2, 0.25) is 5.91 Å². The van der Waals surface area contributed by atoms with E-state index < -0.39 is 5.82 Å². The lowest BCUT2D eigenvalue weighted by Crippen LogP contribution is -2.16. The first kappa shape index (κ1) is 12.8. The Hall–Kier alpha value is -1.62. The molecule has 98 valence electrons. The van der Waals surface area contributed by atoms with Crippen LogP contribution in [0, 0.1) is 5.82 Å². The number of benzene rings is 1. The Morgan fingerprint density at radius 3 is 3.06 bits per heavy atom. The lowest BCUT2D eigenvalue weighted by molar-refractivity contribution is -0.116. The summed E-state index contributed by atoms with van der Waals surface area (Å²) in [4.78, 5) is 11.7. The van der Waals surface area contributed by atoms with Crippen LogP contribution < -0.4 is 11.1 Å². The molecule has 1 aliphatic rings. The molecule has 4 nitrogen and oxygen atoms in total. The third kappa shape index (κ3) is 3.43. The Morgan fingerprint density at radius 1 is 1.56 bits per heavy atom. The Bertz CT molecular complexity index is 431. The molecule has 0 bridgehead atoms. The number of carbonyl (C=O) groups is 1. The minimum atomic E-state index is -0.412. The average Bonchev–Trinajstić information content (AvgIpc) is 2.83. The Labute approximate surface area is 105 Å². The maximum Gasteiger partial charge on any atom is 0.224 e. The zero-order valence-electron chi connectivity index (χ0n) is 10.1. The number of rotatable bonds is 4. The highest BCUT2D eigenvalue weighted by Crippen LogP contribution is 2.20. The number of anilines is 2. The highest BCUT2D eigenvalue weighted by atomic mass is 19.1. The molecule has 1 aromatic carbocycles. The predicted octanol–water partition coefficient (Wildman–Crippen LogP) is 2.31. The first-order chi connectivity index (χ1) is 8.65. The van der Waals surface area contributed by atoms with Gasteiger partial charge in [-0.25, -0.2) is 4.39 Å². The van der Waals surface area contributed by atoms with Crippen molar-refractivity contribution in [3.8, 4) is 0 Å². The molecular formula is C13H17FN2O2. The third-order valence-corrected chi connectivity index (χ3v) is 3.01. The second kappa shape index (κ2) is 5.82. The normalized spacial score (nSPS) is 18.8. The molecule has 1 aromatic rings. The summed E-state index contributed by atoms with van der Waals surface area (Å²) in [6.45, 7) is 0.789. The van der Waals surface area contributed by atoms with E-state index in [-0.39, 0.29) is 17.7 Å². The van der Waals surface area contributed by atoms with Crippen LogP contribution in [0.4, 0.5) is 15.8 Å². The summed E-state index contributed by atoms with van der Waals surface area (Å²) < 4.78 is 18.3. The van der Waals surface area contributed by atoms with Gasteiger partial charge in [-0.15, -0.1) is 0 Å². The molecule has 1 aliphatic heterocycles. The number of hydrogen-bond acceptors (Lipinski definition) is 3. The van der Waals surface area contributed by atoms with Gasteiger partial charge in [0, 0.05) is 13.0 Å². The van der Waals surface area contributed by atoms with E-state index in [1.165, 1.54) is 18.2 Å². The van der Waals surface area contributed by atoms with Crippen LogP contribution in [0.3, 0.4) is 0 Å². The van der Waals surface area contributed by atoms with Gasteiger partial charge < -0.3 is 15.8 Å². The number of hydrogen-bond donors (Lipinski definition) is 2. The fourth-order valence-corrected chi connectivity index (χ4v) is 2.02. The van der Waals surface area contributed by atoms with Crippen molar-refractivity contribution in [1.29, 1.82) is 0 Å². The summed E-state index contributed by atoms with van der Waals surface area (Å²) in [6.07, 6.45) is 3.39. The van der Waals surface area contributed by atoms with E-state index in [0.29, 0.717) is 18.5 Å². The van der Waals surface area contributed by atoms with Gasteiger partial charge in [-0.1, -0.05) is 0 Å².